The van der Waals surface area contributed by atoms with Crippen LogP contribution in [0.5, 0.6) is 5.75 Å². The van der Waals surface area contributed by atoms with E-state index >= 15 is 0 Å². The summed E-state index contributed by atoms with van der Waals surface area (Å²) in [6.45, 7) is 0.487. The van der Waals surface area contributed by atoms with E-state index in [1.807, 2.05) is 30.5 Å². The Balaban J connectivity index is 2.39. The molecular formula is C15H23N5O3S2. The third-order valence-corrected chi connectivity index (χ3v) is 4.05. The maximum atomic E-state index is 12.1. The van der Waals surface area contributed by atoms with Crippen LogP contribution in [-0.4, -0.2) is 42.2 Å². The number of thiocarbonyl (C=S) groups is 1. The molecule has 0 heterocycles. The van der Waals surface area contributed by atoms with Gasteiger partial charge in [-0.2, -0.15) is 11.8 Å². The second kappa shape index (κ2) is 11.4. The molecule has 10 heteroatoms. The standard InChI is InChI=1S/C15H23N5O3S2/c1-23-11-5-3-10(4-6-11)9-17-15(24)20-19-13(21)12(7-8-25-2)18-14(16)22/h3-6,12H,7-9H2,1-2H3,(H,19,21)(H3,16,18,22)(H2,17,20,24)/t12-/m0/s1. The molecule has 25 heavy (non-hydrogen) atoms. The van der Waals surface area contributed by atoms with E-state index in [1.165, 1.54) is 0 Å². The van der Waals surface area contributed by atoms with Gasteiger partial charge in [0.2, 0.25) is 0 Å². The van der Waals surface area contributed by atoms with E-state index in [0.29, 0.717) is 18.7 Å². The van der Waals surface area contributed by atoms with Crippen LogP contribution in [0.15, 0.2) is 24.3 Å². The molecule has 0 aromatic heterocycles. The van der Waals surface area contributed by atoms with E-state index in [0.717, 1.165) is 11.3 Å². The average Bonchev–Trinajstić information content (AvgIpc) is 2.61. The molecule has 0 bridgehead atoms. The van der Waals surface area contributed by atoms with Gasteiger partial charge in [-0.1, -0.05) is 12.1 Å². The number of carbonyl (C=O) groups excluding carboxylic acids is 2. The highest BCUT2D eigenvalue weighted by Crippen LogP contribution is 2.10. The molecule has 0 unspecified atom stereocenters. The van der Waals surface area contributed by atoms with Crippen LogP contribution in [0.25, 0.3) is 0 Å². The molecule has 1 atom stereocenters. The second-order valence-corrected chi connectivity index (χ2v) is 6.38. The lowest BCUT2D eigenvalue weighted by Crippen LogP contribution is -2.55. The van der Waals surface area contributed by atoms with Gasteiger partial charge >= 0.3 is 6.03 Å². The van der Waals surface area contributed by atoms with Gasteiger partial charge in [-0.25, -0.2) is 4.79 Å². The minimum absolute atomic E-state index is 0.256. The lowest BCUT2D eigenvalue weighted by molar-refractivity contribution is -0.123. The number of nitrogens with one attached hydrogen (secondary N) is 4. The van der Waals surface area contributed by atoms with Gasteiger partial charge in [0.05, 0.1) is 7.11 Å². The smallest absolute Gasteiger partial charge is 0.312 e. The van der Waals surface area contributed by atoms with Crippen LogP contribution in [-0.2, 0) is 11.3 Å². The highest BCUT2D eigenvalue weighted by atomic mass is 32.2. The molecule has 0 saturated heterocycles. The van der Waals surface area contributed by atoms with Crippen LogP contribution in [0.4, 0.5) is 4.79 Å². The first-order valence-corrected chi connectivity index (χ1v) is 9.28. The first-order valence-electron chi connectivity index (χ1n) is 7.47. The fraction of sp³-hybridized carbons (Fsp3) is 0.400. The Morgan fingerprint density at radius 2 is 1.96 bits per heavy atom. The van der Waals surface area contributed by atoms with Crippen LogP contribution in [0.2, 0.25) is 0 Å². The summed E-state index contributed by atoms with van der Waals surface area (Å²) in [7, 11) is 1.61. The molecule has 0 aliphatic carbocycles. The van der Waals surface area contributed by atoms with Gasteiger partial charge < -0.3 is 21.1 Å². The number of thioether (sulfide) groups is 1. The molecule has 138 valence electrons. The lowest BCUT2D eigenvalue weighted by Gasteiger charge is -2.18. The first kappa shape index (κ1) is 20.8. The zero-order chi connectivity index (χ0) is 18.7. The Kier molecular flexibility index (Phi) is 9.48. The topological polar surface area (TPSA) is 118 Å². The van der Waals surface area contributed by atoms with Gasteiger partial charge in [0.25, 0.3) is 5.91 Å². The number of nitrogens with two attached hydrogens (primary N) is 1. The number of hydrogen-bond acceptors (Lipinski definition) is 5. The molecule has 0 fully saturated rings. The number of ether oxygens (including phenoxy) is 1. The van der Waals surface area contributed by atoms with Crippen molar-refractivity contribution in [3.8, 4) is 5.75 Å². The molecule has 0 aliphatic heterocycles. The summed E-state index contributed by atoms with van der Waals surface area (Å²) >= 11 is 6.67. The number of rotatable bonds is 8. The predicted molar refractivity (Wildman–Crippen MR) is 103 cm³/mol. The SMILES string of the molecule is COc1ccc(CNC(=S)NNC(=O)[C@H](CCSC)NC(N)=O)cc1. The van der Waals surface area contributed by atoms with Gasteiger partial charge in [-0.3, -0.25) is 15.6 Å². The van der Waals surface area contributed by atoms with Crippen LogP contribution in [0, 0.1) is 0 Å². The molecule has 0 aliphatic rings. The maximum Gasteiger partial charge on any atom is 0.312 e. The highest BCUT2D eigenvalue weighted by molar-refractivity contribution is 7.98. The summed E-state index contributed by atoms with van der Waals surface area (Å²) in [5, 5.41) is 5.62. The van der Waals surface area contributed by atoms with E-state index < -0.39 is 18.0 Å². The van der Waals surface area contributed by atoms with Gasteiger partial charge in [-0.05, 0) is 48.3 Å². The van der Waals surface area contributed by atoms with Crippen LogP contribution >= 0.6 is 24.0 Å². The summed E-state index contributed by atoms with van der Waals surface area (Å²) in [6, 6.07) is 6.04. The van der Waals surface area contributed by atoms with Crippen molar-refractivity contribution in [3.05, 3.63) is 29.8 Å². The van der Waals surface area contributed by atoms with Crippen molar-refractivity contribution in [2.45, 2.75) is 19.0 Å². The van der Waals surface area contributed by atoms with E-state index in [1.54, 1.807) is 18.9 Å². The fourth-order valence-electron chi connectivity index (χ4n) is 1.85. The number of hydrazine groups is 1. The van der Waals surface area contributed by atoms with Crippen molar-refractivity contribution in [2.24, 2.45) is 5.73 Å². The second-order valence-electron chi connectivity index (χ2n) is 4.99. The zero-order valence-corrected chi connectivity index (χ0v) is 15.8. The predicted octanol–water partition coefficient (Wildman–Crippen LogP) is 0.481. The molecule has 1 rings (SSSR count). The Morgan fingerprint density at radius 1 is 1.28 bits per heavy atom. The quantitative estimate of drug-likeness (QED) is 0.326. The Hall–Kier alpha value is -2.20. The van der Waals surface area contributed by atoms with Crippen LogP contribution in [0.3, 0.4) is 0 Å². The Labute approximate surface area is 156 Å². The molecule has 0 radical (unpaired) electrons. The van der Waals surface area contributed by atoms with Gasteiger partial charge in [0, 0.05) is 6.54 Å². The molecule has 3 amide bonds. The van der Waals surface area contributed by atoms with E-state index in [4.69, 9.17) is 22.7 Å². The van der Waals surface area contributed by atoms with Gasteiger partial charge in [-0.15, -0.1) is 0 Å². The first-order chi connectivity index (χ1) is 12.0. The van der Waals surface area contributed by atoms with Crippen LogP contribution < -0.4 is 32.0 Å². The minimum Gasteiger partial charge on any atom is -0.497 e. The number of amides is 3. The molecule has 1 aromatic rings. The minimum atomic E-state index is -0.749. The summed E-state index contributed by atoms with van der Waals surface area (Å²) in [6.07, 6.45) is 2.37. The summed E-state index contributed by atoms with van der Waals surface area (Å²) in [4.78, 5) is 23.1. The average molecular weight is 386 g/mol. The Morgan fingerprint density at radius 3 is 2.52 bits per heavy atom. The third-order valence-electron chi connectivity index (χ3n) is 3.15. The number of methoxy groups -OCH3 is 1. The molecule has 6 N–H and O–H groups in total. The van der Waals surface area contributed by atoms with Crippen molar-refractivity contribution in [1.82, 2.24) is 21.5 Å². The zero-order valence-electron chi connectivity index (χ0n) is 14.1. The molecule has 8 nitrogen and oxygen atoms in total. The number of urea groups is 1. The van der Waals surface area contributed by atoms with Crippen molar-refractivity contribution < 1.29 is 14.3 Å². The van der Waals surface area contributed by atoms with Gasteiger partial charge in [0.15, 0.2) is 5.11 Å². The normalized spacial score (nSPS) is 11.1. The van der Waals surface area contributed by atoms with Crippen molar-refractivity contribution in [3.63, 3.8) is 0 Å². The third kappa shape index (κ3) is 8.45. The van der Waals surface area contributed by atoms with Crippen molar-refractivity contribution in [2.75, 3.05) is 19.1 Å². The van der Waals surface area contributed by atoms with Gasteiger partial charge in [0.1, 0.15) is 11.8 Å². The molecule has 0 spiro atoms. The number of primary amides is 1. The molecule has 0 saturated carbocycles. The molecular weight excluding hydrogens is 362 g/mol. The molecule has 1 aromatic carbocycles. The largest absolute Gasteiger partial charge is 0.497 e. The number of benzene rings is 1. The Bertz CT molecular complexity index is 583. The lowest BCUT2D eigenvalue weighted by atomic mass is 10.2. The summed E-state index contributed by atoms with van der Waals surface area (Å²) < 4.78 is 5.09. The van der Waals surface area contributed by atoms with Crippen molar-refractivity contribution >= 4 is 41.0 Å². The van der Waals surface area contributed by atoms with E-state index in [-0.39, 0.29) is 5.11 Å². The maximum absolute atomic E-state index is 12.1. The monoisotopic (exact) mass is 385 g/mol. The van der Waals surface area contributed by atoms with E-state index in [9.17, 15) is 9.59 Å². The summed E-state index contributed by atoms with van der Waals surface area (Å²) in [5.41, 5.74) is 11.2. The van der Waals surface area contributed by atoms with E-state index in [2.05, 4.69) is 21.5 Å². The summed E-state index contributed by atoms with van der Waals surface area (Å²) in [5.74, 6) is 1.06. The fourth-order valence-corrected chi connectivity index (χ4v) is 2.45. The van der Waals surface area contributed by atoms with Crippen LogP contribution in [0.1, 0.15) is 12.0 Å². The number of hydrogen-bond donors (Lipinski definition) is 5. The highest BCUT2D eigenvalue weighted by Gasteiger charge is 2.19. The van der Waals surface area contributed by atoms with Crippen molar-refractivity contribution in [1.29, 1.82) is 0 Å². The number of carbonyl (C=O) groups is 2.